The lowest BCUT2D eigenvalue weighted by molar-refractivity contribution is 0.511. The first-order chi connectivity index (χ1) is 28.4. The molecule has 0 spiro atoms. The summed E-state index contributed by atoms with van der Waals surface area (Å²) in [7, 11) is 0. The molecule has 0 aliphatic heterocycles. The van der Waals surface area contributed by atoms with Gasteiger partial charge in [0.1, 0.15) is 0 Å². The fourth-order valence-corrected chi connectivity index (χ4v) is 8.87. The fraction of sp³-hybridized carbons (Fsp3) is 0. The quantitative estimate of drug-likeness (QED) is 0.124. The highest BCUT2D eigenvalue weighted by Crippen LogP contribution is 2.41. The first kappa shape index (κ1) is 34.0. The standard InChI is InChI=1S/C54H30F4/c55-51-27-47-41-13-3-1-11-39(41)45-25-37(19-21-43(45)49(47)29-53(51)57)35-9-5-7-33(23-35)31-15-17-32(18-16-31)34-8-6-10-36(24-34)38-20-22-44-46(26-38)40-12-2-4-14-42(40)48-28-52(56)54(58)30-50(44)48/h1-30H. The largest absolute Gasteiger partial charge is 0.204 e. The van der Waals surface area contributed by atoms with E-state index in [0.29, 0.717) is 21.5 Å². The summed E-state index contributed by atoms with van der Waals surface area (Å²) in [5.74, 6) is -3.41. The van der Waals surface area contributed by atoms with Crippen LogP contribution in [0.15, 0.2) is 182 Å². The van der Waals surface area contributed by atoms with E-state index in [1.54, 1.807) is 0 Å². The minimum atomic E-state index is -0.854. The Balaban J connectivity index is 0.932. The third kappa shape index (κ3) is 5.44. The van der Waals surface area contributed by atoms with Crippen molar-refractivity contribution < 1.29 is 17.6 Å². The second kappa shape index (κ2) is 13.1. The van der Waals surface area contributed by atoms with Crippen LogP contribution in [0.1, 0.15) is 0 Å². The molecule has 58 heavy (non-hydrogen) atoms. The van der Waals surface area contributed by atoms with E-state index >= 15 is 0 Å². The summed E-state index contributed by atoms with van der Waals surface area (Å²) in [4.78, 5) is 0. The molecule has 0 aliphatic carbocycles. The third-order valence-electron chi connectivity index (χ3n) is 11.7. The molecule has 0 heterocycles. The Morgan fingerprint density at radius 1 is 0.172 bits per heavy atom. The highest BCUT2D eigenvalue weighted by Gasteiger charge is 2.16. The second-order valence-electron chi connectivity index (χ2n) is 15.0. The number of hydrogen-bond donors (Lipinski definition) is 0. The maximum absolute atomic E-state index is 14.5. The lowest BCUT2D eigenvalue weighted by atomic mass is 9.91. The van der Waals surface area contributed by atoms with E-state index < -0.39 is 23.3 Å². The second-order valence-corrected chi connectivity index (χ2v) is 15.0. The number of hydrogen-bond acceptors (Lipinski definition) is 0. The van der Waals surface area contributed by atoms with Crippen LogP contribution in [-0.2, 0) is 0 Å². The van der Waals surface area contributed by atoms with E-state index in [0.717, 1.165) is 87.6 Å². The van der Waals surface area contributed by atoms with Crippen molar-refractivity contribution in [2.75, 3.05) is 0 Å². The molecule has 11 aromatic carbocycles. The van der Waals surface area contributed by atoms with Crippen molar-refractivity contribution in [3.8, 4) is 44.5 Å². The van der Waals surface area contributed by atoms with Gasteiger partial charge in [0.05, 0.1) is 0 Å². The van der Waals surface area contributed by atoms with Gasteiger partial charge in [0.15, 0.2) is 23.3 Å². The van der Waals surface area contributed by atoms with E-state index in [2.05, 4.69) is 84.9 Å². The molecule has 0 aliphatic rings. The molecule has 274 valence electrons. The summed E-state index contributed by atoms with van der Waals surface area (Å²) < 4.78 is 57.7. The molecule has 11 aromatic rings. The van der Waals surface area contributed by atoms with Crippen molar-refractivity contribution in [2.45, 2.75) is 0 Å². The first-order valence-electron chi connectivity index (χ1n) is 19.2. The average molecular weight is 755 g/mol. The molecule has 11 rings (SSSR count). The van der Waals surface area contributed by atoms with Crippen LogP contribution >= 0.6 is 0 Å². The monoisotopic (exact) mass is 754 g/mol. The summed E-state index contributed by atoms with van der Waals surface area (Å²) in [5.41, 5.74) is 8.51. The van der Waals surface area contributed by atoms with Crippen LogP contribution in [0.4, 0.5) is 17.6 Å². The summed E-state index contributed by atoms with van der Waals surface area (Å²) in [5, 5.41) is 10.3. The lowest BCUT2D eigenvalue weighted by Crippen LogP contribution is -1.89. The molecule has 0 radical (unpaired) electrons. The minimum Gasteiger partial charge on any atom is -0.204 e. The Morgan fingerprint density at radius 2 is 0.414 bits per heavy atom. The van der Waals surface area contributed by atoms with Crippen molar-refractivity contribution in [1.82, 2.24) is 0 Å². The van der Waals surface area contributed by atoms with Crippen LogP contribution in [0.5, 0.6) is 0 Å². The summed E-state index contributed by atoms with van der Waals surface area (Å²) >= 11 is 0. The zero-order valence-electron chi connectivity index (χ0n) is 30.8. The molecule has 0 unspecified atom stereocenters. The van der Waals surface area contributed by atoms with E-state index in [1.807, 2.05) is 72.8 Å². The number of fused-ring (bicyclic) bond motifs is 12. The Hall–Kier alpha value is -7.30. The average Bonchev–Trinajstić information content (AvgIpc) is 3.27. The highest BCUT2D eigenvalue weighted by molar-refractivity contribution is 6.27. The topological polar surface area (TPSA) is 0 Å². The molecule has 0 saturated heterocycles. The zero-order valence-corrected chi connectivity index (χ0v) is 30.8. The Morgan fingerprint density at radius 3 is 0.741 bits per heavy atom. The van der Waals surface area contributed by atoms with Gasteiger partial charge in [-0.25, -0.2) is 17.6 Å². The summed E-state index contributed by atoms with van der Waals surface area (Å²) in [6, 6.07) is 58.9. The van der Waals surface area contributed by atoms with Crippen LogP contribution in [0.25, 0.3) is 109 Å². The van der Waals surface area contributed by atoms with Gasteiger partial charge in [-0.15, -0.1) is 0 Å². The third-order valence-corrected chi connectivity index (χ3v) is 11.7. The maximum atomic E-state index is 14.5. The van der Waals surface area contributed by atoms with Crippen molar-refractivity contribution >= 4 is 64.6 Å². The number of halogens is 4. The number of benzene rings is 11. The van der Waals surface area contributed by atoms with E-state index in [4.69, 9.17) is 0 Å². The van der Waals surface area contributed by atoms with Gasteiger partial charge in [0, 0.05) is 0 Å². The van der Waals surface area contributed by atoms with Crippen LogP contribution < -0.4 is 0 Å². The smallest absolute Gasteiger partial charge is 0.159 e. The Labute approximate surface area is 330 Å². The minimum absolute atomic E-state index is 0.690. The highest BCUT2D eigenvalue weighted by atomic mass is 19.2. The molecule has 0 amide bonds. The molecule has 0 N–H and O–H groups in total. The normalized spacial score (nSPS) is 11.8. The van der Waals surface area contributed by atoms with E-state index in [1.165, 1.54) is 24.3 Å². The predicted molar refractivity (Wildman–Crippen MR) is 233 cm³/mol. The molecule has 0 aromatic heterocycles. The molecule has 0 fully saturated rings. The van der Waals surface area contributed by atoms with Gasteiger partial charge in [0.2, 0.25) is 0 Å². The van der Waals surface area contributed by atoms with Crippen LogP contribution in [0.3, 0.4) is 0 Å². The molecule has 0 saturated carbocycles. The first-order valence-corrected chi connectivity index (χ1v) is 19.2. The Bertz CT molecular complexity index is 3260. The zero-order chi connectivity index (χ0) is 39.1. The van der Waals surface area contributed by atoms with E-state index in [9.17, 15) is 17.6 Å². The van der Waals surface area contributed by atoms with Crippen LogP contribution in [-0.4, -0.2) is 0 Å². The molecular weight excluding hydrogens is 725 g/mol. The van der Waals surface area contributed by atoms with Crippen molar-refractivity contribution in [1.29, 1.82) is 0 Å². The van der Waals surface area contributed by atoms with Gasteiger partial charge < -0.3 is 0 Å². The van der Waals surface area contributed by atoms with Crippen molar-refractivity contribution in [2.24, 2.45) is 0 Å². The van der Waals surface area contributed by atoms with Crippen molar-refractivity contribution in [3.05, 3.63) is 205 Å². The fourth-order valence-electron chi connectivity index (χ4n) is 8.87. The van der Waals surface area contributed by atoms with Crippen LogP contribution in [0, 0.1) is 23.3 Å². The Kier molecular flexibility index (Phi) is 7.70. The summed E-state index contributed by atoms with van der Waals surface area (Å²) in [6.07, 6.45) is 0. The molecule has 4 heteroatoms. The predicted octanol–water partition coefficient (Wildman–Crippen LogP) is 15.8. The number of rotatable bonds is 4. The van der Waals surface area contributed by atoms with Gasteiger partial charge in [-0.3, -0.25) is 0 Å². The molecular formula is C54H30F4. The molecule has 0 nitrogen and oxygen atoms in total. The van der Waals surface area contributed by atoms with Gasteiger partial charge in [-0.1, -0.05) is 133 Å². The maximum Gasteiger partial charge on any atom is 0.159 e. The van der Waals surface area contributed by atoms with Gasteiger partial charge in [-0.2, -0.15) is 0 Å². The van der Waals surface area contributed by atoms with Crippen molar-refractivity contribution in [3.63, 3.8) is 0 Å². The van der Waals surface area contributed by atoms with E-state index in [-0.39, 0.29) is 0 Å². The molecule has 0 atom stereocenters. The SMILES string of the molecule is Fc1cc2c3ccccc3c3cc(-c4cccc(-c5ccc(-c6cccc(-c7ccc8c(c7)c7ccccc7c7cc(F)c(F)cc87)c6)cc5)c4)ccc3c2cc1F. The van der Waals surface area contributed by atoms with Gasteiger partial charge in [-0.05, 0) is 158 Å². The lowest BCUT2D eigenvalue weighted by Gasteiger charge is -2.13. The van der Waals surface area contributed by atoms with Gasteiger partial charge >= 0.3 is 0 Å². The van der Waals surface area contributed by atoms with Gasteiger partial charge in [0.25, 0.3) is 0 Å². The van der Waals surface area contributed by atoms with Crippen LogP contribution in [0.2, 0.25) is 0 Å². The summed E-state index contributed by atoms with van der Waals surface area (Å²) in [6.45, 7) is 0. The molecule has 0 bridgehead atoms.